The number of nitrogens with one attached hydrogen (secondary N) is 1. The van der Waals surface area contributed by atoms with Gasteiger partial charge in [0.1, 0.15) is 0 Å². The van der Waals surface area contributed by atoms with Crippen molar-refractivity contribution in [1.82, 2.24) is 10.3 Å². The van der Waals surface area contributed by atoms with Gasteiger partial charge in [0.05, 0.1) is 16.8 Å². The average molecular weight is 348 g/mol. The highest BCUT2D eigenvalue weighted by Crippen LogP contribution is 2.25. The van der Waals surface area contributed by atoms with E-state index >= 15 is 0 Å². The smallest absolute Gasteiger partial charge is 0.339 e. The molecular weight excluding hydrogens is 328 g/mol. The summed E-state index contributed by atoms with van der Waals surface area (Å²) in [6.45, 7) is 3.86. The molecule has 3 rings (SSSR count). The second kappa shape index (κ2) is 7.78. The van der Waals surface area contributed by atoms with Crippen LogP contribution in [0.3, 0.4) is 0 Å². The van der Waals surface area contributed by atoms with Gasteiger partial charge in [0.15, 0.2) is 6.10 Å². The van der Waals surface area contributed by atoms with Crippen molar-refractivity contribution >= 4 is 22.8 Å². The molecule has 1 heterocycles. The zero-order chi connectivity index (χ0) is 18.5. The molecule has 1 atom stereocenters. The van der Waals surface area contributed by atoms with E-state index in [0.717, 1.165) is 5.56 Å². The molecular formula is C21H20N2O3. The van der Waals surface area contributed by atoms with Gasteiger partial charge >= 0.3 is 5.97 Å². The number of aromatic nitrogens is 1. The summed E-state index contributed by atoms with van der Waals surface area (Å²) in [5, 5.41) is 3.34. The fourth-order valence-electron chi connectivity index (χ4n) is 2.70. The molecule has 0 radical (unpaired) electrons. The number of amides is 1. The van der Waals surface area contributed by atoms with Gasteiger partial charge < -0.3 is 10.1 Å². The molecule has 1 N–H and O–H groups in total. The minimum Gasteiger partial charge on any atom is -0.449 e. The van der Waals surface area contributed by atoms with Crippen LogP contribution in [0.25, 0.3) is 22.2 Å². The van der Waals surface area contributed by atoms with Gasteiger partial charge in [-0.1, -0.05) is 48.5 Å². The predicted octanol–water partition coefficient (Wildman–Crippen LogP) is 3.58. The Morgan fingerprint density at radius 3 is 2.50 bits per heavy atom. The van der Waals surface area contributed by atoms with Crippen LogP contribution in [0.4, 0.5) is 0 Å². The molecule has 2 aromatic carbocycles. The van der Waals surface area contributed by atoms with Gasteiger partial charge in [0.2, 0.25) is 0 Å². The number of carbonyl (C=O) groups is 2. The Kier molecular flexibility index (Phi) is 5.27. The van der Waals surface area contributed by atoms with E-state index in [-0.39, 0.29) is 5.91 Å². The maximum Gasteiger partial charge on any atom is 0.339 e. The Labute approximate surface area is 152 Å². The van der Waals surface area contributed by atoms with Crippen molar-refractivity contribution in [3.05, 3.63) is 66.2 Å². The number of likely N-dealkylation sites (N-methyl/N-ethyl adjacent to an activating group) is 1. The third-order valence-electron chi connectivity index (χ3n) is 4.01. The highest BCUT2D eigenvalue weighted by molar-refractivity contribution is 6.05. The van der Waals surface area contributed by atoms with Crippen LogP contribution in [-0.4, -0.2) is 29.5 Å². The standard InChI is InChI=1S/C21H20N2O3/c1-3-22-20(24)14(2)26-21(25)17-13-19(15-9-5-4-6-10-15)23-18-12-8-7-11-16(17)18/h4-14H,3H2,1-2H3,(H,22,24)/t14-/m1/s1. The largest absolute Gasteiger partial charge is 0.449 e. The molecule has 26 heavy (non-hydrogen) atoms. The topological polar surface area (TPSA) is 68.3 Å². The van der Waals surface area contributed by atoms with Crippen molar-refractivity contribution in [3.63, 3.8) is 0 Å². The third kappa shape index (κ3) is 3.72. The van der Waals surface area contributed by atoms with E-state index in [1.807, 2.05) is 61.5 Å². The average Bonchev–Trinajstić information content (AvgIpc) is 2.67. The van der Waals surface area contributed by atoms with Crippen LogP contribution < -0.4 is 5.32 Å². The van der Waals surface area contributed by atoms with Gasteiger partial charge in [-0.2, -0.15) is 0 Å². The number of fused-ring (bicyclic) bond motifs is 1. The number of nitrogens with zero attached hydrogens (tertiary/aromatic N) is 1. The van der Waals surface area contributed by atoms with Crippen molar-refractivity contribution in [2.24, 2.45) is 0 Å². The molecule has 0 aliphatic heterocycles. The lowest BCUT2D eigenvalue weighted by Crippen LogP contribution is -2.35. The normalized spacial score (nSPS) is 11.8. The zero-order valence-corrected chi connectivity index (χ0v) is 14.7. The van der Waals surface area contributed by atoms with E-state index < -0.39 is 12.1 Å². The number of hydrogen-bond donors (Lipinski definition) is 1. The molecule has 0 saturated carbocycles. The van der Waals surface area contributed by atoms with Crippen LogP contribution in [0, 0.1) is 0 Å². The lowest BCUT2D eigenvalue weighted by atomic mass is 10.0. The monoisotopic (exact) mass is 348 g/mol. The first-order chi connectivity index (χ1) is 12.6. The summed E-state index contributed by atoms with van der Waals surface area (Å²) in [4.78, 5) is 29.2. The van der Waals surface area contributed by atoms with Gasteiger partial charge in [-0.15, -0.1) is 0 Å². The number of pyridine rings is 1. The summed E-state index contributed by atoms with van der Waals surface area (Å²) >= 11 is 0. The summed E-state index contributed by atoms with van der Waals surface area (Å²) in [7, 11) is 0. The Bertz CT molecular complexity index is 938. The summed E-state index contributed by atoms with van der Waals surface area (Å²) < 4.78 is 5.37. The first kappa shape index (κ1) is 17.6. The molecule has 1 aromatic heterocycles. The van der Waals surface area contributed by atoms with Gasteiger partial charge in [-0.3, -0.25) is 4.79 Å². The van der Waals surface area contributed by atoms with Crippen LogP contribution in [0.1, 0.15) is 24.2 Å². The Morgan fingerprint density at radius 2 is 1.77 bits per heavy atom. The first-order valence-corrected chi connectivity index (χ1v) is 8.54. The first-order valence-electron chi connectivity index (χ1n) is 8.54. The molecule has 5 nitrogen and oxygen atoms in total. The second-order valence-electron chi connectivity index (χ2n) is 5.88. The second-order valence-corrected chi connectivity index (χ2v) is 5.88. The maximum atomic E-state index is 12.7. The molecule has 1 amide bonds. The van der Waals surface area contributed by atoms with E-state index in [1.54, 1.807) is 13.0 Å². The van der Waals surface area contributed by atoms with Gasteiger partial charge in [-0.25, -0.2) is 9.78 Å². The number of benzene rings is 2. The van der Waals surface area contributed by atoms with E-state index in [4.69, 9.17) is 4.74 Å². The fourth-order valence-corrected chi connectivity index (χ4v) is 2.70. The molecule has 0 saturated heterocycles. The van der Waals surface area contributed by atoms with Crippen LogP contribution >= 0.6 is 0 Å². The molecule has 0 fully saturated rings. The highest BCUT2D eigenvalue weighted by Gasteiger charge is 2.21. The van der Waals surface area contributed by atoms with Crippen molar-refractivity contribution in [3.8, 4) is 11.3 Å². The zero-order valence-electron chi connectivity index (χ0n) is 14.7. The molecule has 0 unspecified atom stereocenters. The Balaban J connectivity index is 2.01. The van der Waals surface area contributed by atoms with E-state index in [0.29, 0.717) is 28.7 Å². The lowest BCUT2D eigenvalue weighted by molar-refractivity contribution is -0.128. The molecule has 0 bridgehead atoms. The van der Waals surface area contributed by atoms with Crippen molar-refractivity contribution in [2.45, 2.75) is 20.0 Å². The molecule has 3 aromatic rings. The van der Waals surface area contributed by atoms with Gasteiger partial charge in [-0.05, 0) is 26.0 Å². The number of rotatable bonds is 5. The summed E-state index contributed by atoms with van der Waals surface area (Å²) in [5.41, 5.74) is 2.68. The highest BCUT2D eigenvalue weighted by atomic mass is 16.5. The molecule has 132 valence electrons. The molecule has 0 spiro atoms. The summed E-state index contributed by atoms with van der Waals surface area (Å²) in [5.74, 6) is -0.859. The van der Waals surface area contributed by atoms with Gasteiger partial charge in [0, 0.05) is 17.5 Å². The van der Waals surface area contributed by atoms with Crippen molar-refractivity contribution in [2.75, 3.05) is 6.54 Å². The predicted molar refractivity (Wildman–Crippen MR) is 101 cm³/mol. The van der Waals surface area contributed by atoms with Crippen LogP contribution in [0.15, 0.2) is 60.7 Å². The Morgan fingerprint density at radius 1 is 1.08 bits per heavy atom. The number of hydrogen-bond acceptors (Lipinski definition) is 4. The van der Waals surface area contributed by atoms with Crippen LogP contribution in [0.2, 0.25) is 0 Å². The Hall–Kier alpha value is -3.21. The van der Waals surface area contributed by atoms with Crippen LogP contribution in [-0.2, 0) is 9.53 Å². The lowest BCUT2D eigenvalue weighted by Gasteiger charge is -2.14. The molecule has 5 heteroatoms. The van der Waals surface area contributed by atoms with E-state index in [1.165, 1.54) is 0 Å². The van der Waals surface area contributed by atoms with E-state index in [9.17, 15) is 9.59 Å². The number of carbonyl (C=O) groups excluding carboxylic acids is 2. The van der Waals surface area contributed by atoms with Crippen molar-refractivity contribution in [1.29, 1.82) is 0 Å². The summed E-state index contributed by atoms with van der Waals surface area (Å²) in [6, 6.07) is 18.7. The van der Waals surface area contributed by atoms with E-state index in [2.05, 4.69) is 10.3 Å². The number of ether oxygens (including phenoxy) is 1. The minimum atomic E-state index is -0.866. The third-order valence-corrected chi connectivity index (χ3v) is 4.01. The van der Waals surface area contributed by atoms with Crippen molar-refractivity contribution < 1.29 is 14.3 Å². The quantitative estimate of drug-likeness (QED) is 0.716. The number of para-hydroxylation sites is 1. The summed E-state index contributed by atoms with van der Waals surface area (Å²) in [6.07, 6.45) is -0.866. The minimum absolute atomic E-state index is 0.317. The SMILES string of the molecule is CCNC(=O)[C@@H](C)OC(=O)c1cc(-c2ccccc2)nc2ccccc12. The van der Waals surface area contributed by atoms with Crippen LogP contribution in [0.5, 0.6) is 0 Å². The molecule has 0 aliphatic carbocycles. The molecule has 0 aliphatic rings. The fraction of sp³-hybridized carbons (Fsp3) is 0.190. The van der Waals surface area contributed by atoms with Gasteiger partial charge in [0.25, 0.3) is 5.91 Å². The number of esters is 1. The maximum absolute atomic E-state index is 12.7.